The smallest absolute Gasteiger partial charge is 0.270 e. The zero-order chi connectivity index (χ0) is 23.4. The third-order valence-corrected chi connectivity index (χ3v) is 7.86. The van der Waals surface area contributed by atoms with Gasteiger partial charge < -0.3 is 20.1 Å². The van der Waals surface area contributed by atoms with Gasteiger partial charge >= 0.3 is 0 Å². The van der Waals surface area contributed by atoms with Gasteiger partial charge in [0.25, 0.3) is 5.91 Å². The van der Waals surface area contributed by atoms with Gasteiger partial charge in [0.1, 0.15) is 5.69 Å². The Kier molecular flexibility index (Phi) is 7.97. The fraction of sp³-hybridized carbons (Fsp3) is 0.615. The molecule has 1 aromatic carbocycles. The molecule has 2 amide bonds. The van der Waals surface area contributed by atoms with Crippen LogP contribution in [0.25, 0.3) is 10.9 Å². The number of halogens is 1. The number of likely N-dealkylation sites (tertiary alicyclic amines) is 2. The Morgan fingerprint density at radius 3 is 2.70 bits per heavy atom. The summed E-state index contributed by atoms with van der Waals surface area (Å²) < 4.78 is 0. The van der Waals surface area contributed by atoms with Crippen molar-refractivity contribution in [3.05, 3.63) is 35.0 Å². The molecular formula is C26H37ClN4O2. The monoisotopic (exact) mass is 472 g/mol. The van der Waals surface area contributed by atoms with Crippen molar-refractivity contribution in [1.82, 2.24) is 20.1 Å². The van der Waals surface area contributed by atoms with Gasteiger partial charge in [-0.3, -0.25) is 9.59 Å². The lowest BCUT2D eigenvalue weighted by Crippen LogP contribution is -2.43. The van der Waals surface area contributed by atoms with Gasteiger partial charge in [0.2, 0.25) is 5.91 Å². The minimum absolute atomic E-state index is 0.0184. The largest absolute Gasteiger partial charge is 0.356 e. The predicted molar refractivity (Wildman–Crippen MR) is 134 cm³/mol. The zero-order valence-corrected chi connectivity index (χ0v) is 20.7. The number of aromatic amines is 1. The second-order valence-corrected chi connectivity index (χ2v) is 10.3. The molecule has 2 saturated heterocycles. The van der Waals surface area contributed by atoms with E-state index in [1.165, 1.54) is 25.8 Å². The molecule has 0 saturated carbocycles. The molecule has 0 aliphatic carbocycles. The number of H-pyrrole nitrogens is 1. The molecule has 3 heterocycles. The van der Waals surface area contributed by atoms with Crippen molar-refractivity contribution in [3.63, 3.8) is 0 Å². The summed E-state index contributed by atoms with van der Waals surface area (Å²) in [5.41, 5.74) is 1.51. The van der Waals surface area contributed by atoms with E-state index in [-0.39, 0.29) is 17.7 Å². The number of carbonyl (C=O) groups excluding carboxylic acids is 2. The number of nitrogens with zero attached hydrogens (tertiary/aromatic N) is 2. The molecular weight excluding hydrogens is 436 g/mol. The van der Waals surface area contributed by atoms with Crippen molar-refractivity contribution in [1.29, 1.82) is 0 Å². The Morgan fingerprint density at radius 2 is 1.94 bits per heavy atom. The Hall–Kier alpha value is -2.05. The van der Waals surface area contributed by atoms with E-state index in [1.807, 2.05) is 36.1 Å². The van der Waals surface area contributed by atoms with Crippen molar-refractivity contribution in [2.75, 3.05) is 32.7 Å². The lowest BCUT2D eigenvalue weighted by Gasteiger charge is -2.34. The number of aromatic nitrogens is 1. The maximum atomic E-state index is 13.0. The van der Waals surface area contributed by atoms with E-state index in [0.717, 1.165) is 43.3 Å². The summed E-state index contributed by atoms with van der Waals surface area (Å²) in [5.74, 6) is 0.466. The minimum Gasteiger partial charge on any atom is -0.356 e. The van der Waals surface area contributed by atoms with E-state index in [1.54, 1.807) is 0 Å². The molecule has 0 bridgehead atoms. The van der Waals surface area contributed by atoms with E-state index < -0.39 is 0 Å². The van der Waals surface area contributed by atoms with E-state index in [2.05, 4.69) is 22.1 Å². The average molecular weight is 473 g/mol. The zero-order valence-electron chi connectivity index (χ0n) is 19.9. The van der Waals surface area contributed by atoms with Crippen molar-refractivity contribution in [2.24, 2.45) is 11.8 Å². The van der Waals surface area contributed by atoms with Crippen LogP contribution < -0.4 is 5.32 Å². The number of carbonyl (C=O) groups is 2. The van der Waals surface area contributed by atoms with Crippen LogP contribution in [-0.4, -0.2) is 65.4 Å². The number of rotatable bonds is 7. The highest BCUT2D eigenvalue weighted by Gasteiger charge is 2.30. The summed E-state index contributed by atoms with van der Waals surface area (Å²) in [4.78, 5) is 33.3. The van der Waals surface area contributed by atoms with Crippen LogP contribution in [0.15, 0.2) is 24.3 Å². The fourth-order valence-corrected chi connectivity index (χ4v) is 5.53. The third kappa shape index (κ3) is 5.90. The van der Waals surface area contributed by atoms with Gasteiger partial charge in [-0.15, -0.1) is 0 Å². The first-order valence-electron chi connectivity index (χ1n) is 12.5. The number of nitrogens with one attached hydrogen (secondary N) is 2. The molecule has 2 aliphatic rings. The topological polar surface area (TPSA) is 68.4 Å². The van der Waals surface area contributed by atoms with Crippen LogP contribution in [0.2, 0.25) is 5.02 Å². The van der Waals surface area contributed by atoms with E-state index >= 15 is 0 Å². The standard InChI is InChI=1S/C26H37ClN4O2/c1-18-6-3-4-12-30(18)13-5-11-28-25(32)19(2)20-9-14-31(15-10-20)26(33)24-17-21-16-22(27)7-8-23(21)29-24/h7-8,16-20,29H,3-6,9-15H2,1-2H3,(H,28,32)/t18-,19-/m1/s1. The lowest BCUT2D eigenvalue weighted by atomic mass is 9.84. The van der Waals surface area contributed by atoms with Crippen molar-refractivity contribution in [3.8, 4) is 0 Å². The molecule has 2 aromatic rings. The Bertz CT molecular complexity index is 966. The number of amides is 2. The second kappa shape index (κ2) is 10.9. The van der Waals surface area contributed by atoms with Crippen LogP contribution in [0.5, 0.6) is 0 Å². The van der Waals surface area contributed by atoms with Gasteiger partial charge in [-0.25, -0.2) is 0 Å². The number of hydrogen-bond acceptors (Lipinski definition) is 3. The van der Waals surface area contributed by atoms with Crippen LogP contribution in [0.4, 0.5) is 0 Å². The van der Waals surface area contributed by atoms with Gasteiger partial charge in [0.05, 0.1) is 0 Å². The molecule has 7 heteroatoms. The molecule has 2 atom stereocenters. The number of fused-ring (bicyclic) bond motifs is 1. The summed E-state index contributed by atoms with van der Waals surface area (Å²) in [5, 5.41) is 4.76. The van der Waals surface area contributed by atoms with Crippen LogP contribution in [0.3, 0.4) is 0 Å². The highest BCUT2D eigenvalue weighted by atomic mass is 35.5. The highest BCUT2D eigenvalue weighted by Crippen LogP contribution is 2.27. The Labute approximate surface area is 202 Å². The first-order valence-corrected chi connectivity index (χ1v) is 12.9. The van der Waals surface area contributed by atoms with Gasteiger partial charge in [0, 0.05) is 54.1 Å². The molecule has 2 N–H and O–H groups in total. The summed E-state index contributed by atoms with van der Waals surface area (Å²) in [6, 6.07) is 8.12. The maximum absolute atomic E-state index is 13.0. The van der Waals surface area contributed by atoms with Crippen molar-refractivity contribution in [2.45, 2.75) is 58.4 Å². The van der Waals surface area contributed by atoms with Crippen molar-refractivity contribution >= 4 is 34.3 Å². The van der Waals surface area contributed by atoms with E-state index in [4.69, 9.17) is 11.6 Å². The van der Waals surface area contributed by atoms with Crippen LogP contribution in [0, 0.1) is 11.8 Å². The molecule has 4 rings (SSSR count). The summed E-state index contributed by atoms with van der Waals surface area (Å²) >= 11 is 6.06. The van der Waals surface area contributed by atoms with E-state index in [9.17, 15) is 9.59 Å². The second-order valence-electron chi connectivity index (χ2n) is 9.86. The molecule has 2 aliphatic heterocycles. The molecule has 6 nitrogen and oxygen atoms in total. The highest BCUT2D eigenvalue weighted by molar-refractivity contribution is 6.31. The molecule has 180 valence electrons. The molecule has 0 radical (unpaired) electrons. The molecule has 0 spiro atoms. The molecule has 1 aromatic heterocycles. The Morgan fingerprint density at radius 1 is 1.15 bits per heavy atom. The number of piperidine rings is 2. The van der Waals surface area contributed by atoms with Crippen LogP contribution in [-0.2, 0) is 4.79 Å². The summed E-state index contributed by atoms with van der Waals surface area (Å²) in [6.07, 6.45) is 6.65. The Balaban J connectivity index is 1.20. The molecule has 2 fully saturated rings. The quantitative estimate of drug-likeness (QED) is 0.574. The van der Waals surface area contributed by atoms with Gasteiger partial charge in [-0.1, -0.05) is 24.9 Å². The maximum Gasteiger partial charge on any atom is 0.270 e. The average Bonchev–Trinajstić information content (AvgIpc) is 3.25. The third-order valence-electron chi connectivity index (χ3n) is 7.62. The minimum atomic E-state index is -0.0219. The van der Waals surface area contributed by atoms with Crippen LogP contribution >= 0.6 is 11.6 Å². The normalized spacial score (nSPS) is 21.3. The van der Waals surface area contributed by atoms with Gasteiger partial charge in [0.15, 0.2) is 0 Å². The van der Waals surface area contributed by atoms with Gasteiger partial charge in [-0.05, 0) is 75.8 Å². The fourth-order valence-electron chi connectivity index (χ4n) is 5.35. The van der Waals surface area contributed by atoms with Crippen LogP contribution in [0.1, 0.15) is 62.9 Å². The van der Waals surface area contributed by atoms with E-state index in [0.29, 0.717) is 35.8 Å². The summed E-state index contributed by atoms with van der Waals surface area (Å²) in [7, 11) is 0. The number of benzene rings is 1. The molecule has 33 heavy (non-hydrogen) atoms. The first kappa shape index (κ1) is 24.1. The molecule has 0 unspecified atom stereocenters. The SMILES string of the molecule is C[C@@H]1CCCCN1CCCNC(=O)[C@H](C)C1CCN(C(=O)c2cc3cc(Cl)ccc3[nH]2)CC1. The van der Waals surface area contributed by atoms with Gasteiger partial charge in [-0.2, -0.15) is 0 Å². The predicted octanol–water partition coefficient (Wildman–Crippen LogP) is 4.69. The number of hydrogen-bond donors (Lipinski definition) is 2. The summed E-state index contributed by atoms with van der Waals surface area (Å²) in [6.45, 7) is 8.71. The first-order chi connectivity index (χ1) is 15.9. The van der Waals surface area contributed by atoms with Crippen molar-refractivity contribution < 1.29 is 9.59 Å². The lowest BCUT2D eigenvalue weighted by molar-refractivity contribution is -0.126.